The zero-order valence-electron chi connectivity index (χ0n) is 18.4. The van der Waals surface area contributed by atoms with Crippen LogP contribution in [0.2, 0.25) is 0 Å². The Balaban J connectivity index is 1.39. The molecule has 1 amide bonds. The summed E-state index contributed by atoms with van der Waals surface area (Å²) in [6.45, 7) is 11.7. The zero-order valence-corrected chi connectivity index (χ0v) is 19.3. The van der Waals surface area contributed by atoms with Crippen molar-refractivity contribution >= 4 is 22.4 Å². The molecule has 0 aromatic carbocycles. The average Bonchev–Trinajstić information content (AvgIpc) is 3.08. The van der Waals surface area contributed by atoms with Crippen molar-refractivity contribution in [2.45, 2.75) is 52.1 Å². The molecule has 1 aliphatic heterocycles. The van der Waals surface area contributed by atoms with Crippen LogP contribution in [-0.4, -0.2) is 61.5 Å². The quantitative estimate of drug-likeness (QED) is 0.536. The molecule has 168 valence electrons. The van der Waals surface area contributed by atoms with Crippen LogP contribution < -0.4 is 16.0 Å². The molecule has 0 spiro atoms. The molecule has 2 aliphatic carbocycles. The van der Waals surface area contributed by atoms with Gasteiger partial charge in [-0.15, -0.1) is 11.3 Å². The molecule has 5 N–H and O–H groups in total. The average molecular weight is 438 g/mol. The van der Waals surface area contributed by atoms with Crippen molar-refractivity contribution in [3.63, 3.8) is 0 Å². The molecule has 0 radical (unpaired) electrons. The van der Waals surface area contributed by atoms with Gasteiger partial charge in [0.2, 0.25) is 5.91 Å². The molecule has 1 aromatic heterocycles. The number of nitrogens with zero attached hydrogens (tertiary/aromatic N) is 1. The van der Waals surface area contributed by atoms with Gasteiger partial charge in [-0.25, -0.2) is 4.98 Å². The van der Waals surface area contributed by atoms with Gasteiger partial charge in [-0.2, -0.15) is 0 Å². The molecule has 3 aliphatic rings. The number of aliphatic hydroxyl groups is 1. The van der Waals surface area contributed by atoms with Gasteiger partial charge in [-0.05, 0) is 36.5 Å². The third-order valence-electron chi connectivity index (χ3n) is 7.97. The number of hydrogen-bond donors (Lipinski definition) is 4. The summed E-state index contributed by atoms with van der Waals surface area (Å²) in [6, 6.07) is 0. The number of aromatic nitrogens is 1. The van der Waals surface area contributed by atoms with Gasteiger partial charge in [0.15, 0.2) is 5.13 Å². The summed E-state index contributed by atoms with van der Waals surface area (Å²) in [5, 5.41) is 15.2. The van der Waals surface area contributed by atoms with Crippen molar-refractivity contribution in [2.75, 3.05) is 45.1 Å². The normalized spacial score (nSPS) is 35.3. The number of anilines is 1. The third kappa shape index (κ3) is 4.11. The van der Waals surface area contributed by atoms with E-state index in [1.165, 1.54) is 9.78 Å². The molecule has 7 nitrogen and oxygen atoms in total. The number of carbonyl (C=O) groups excluding carboxylic acids is 1. The molecule has 1 saturated heterocycles. The number of quaternary nitrogens is 1. The van der Waals surface area contributed by atoms with Gasteiger partial charge in [-0.3, -0.25) is 4.79 Å². The van der Waals surface area contributed by atoms with Crippen LogP contribution in [0.25, 0.3) is 0 Å². The van der Waals surface area contributed by atoms with Crippen LogP contribution in [0.5, 0.6) is 0 Å². The number of nitrogen functional groups attached to an aromatic ring is 1. The van der Waals surface area contributed by atoms with Gasteiger partial charge in [0.05, 0.1) is 38.1 Å². The van der Waals surface area contributed by atoms with Crippen LogP contribution in [0.4, 0.5) is 5.13 Å². The Morgan fingerprint density at radius 1 is 1.47 bits per heavy atom. The Morgan fingerprint density at radius 2 is 2.20 bits per heavy atom. The van der Waals surface area contributed by atoms with Crippen LogP contribution in [0, 0.1) is 23.2 Å². The van der Waals surface area contributed by atoms with Crippen LogP contribution in [0.1, 0.15) is 50.1 Å². The van der Waals surface area contributed by atoms with Gasteiger partial charge in [0, 0.05) is 16.7 Å². The predicted octanol–water partition coefficient (Wildman–Crippen LogP) is 0.446. The third-order valence-corrected chi connectivity index (χ3v) is 8.87. The number of amides is 1. The fraction of sp³-hybridized carbons (Fsp3) is 0.818. The lowest BCUT2D eigenvalue weighted by Gasteiger charge is -2.53. The van der Waals surface area contributed by atoms with Gasteiger partial charge >= 0.3 is 0 Å². The highest BCUT2D eigenvalue weighted by Crippen LogP contribution is 2.57. The molecule has 0 bridgehead atoms. The second kappa shape index (κ2) is 8.73. The smallest absolute Gasteiger partial charge is 0.223 e. The van der Waals surface area contributed by atoms with E-state index in [1.807, 2.05) is 6.92 Å². The first-order valence-corrected chi connectivity index (χ1v) is 12.2. The molecule has 2 heterocycles. The number of ether oxygens (including phenoxy) is 1. The van der Waals surface area contributed by atoms with E-state index >= 15 is 0 Å². The van der Waals surface area contributed by atoms with E-state index in [4.69, 9.17) is 10.5 Å². The Labute approximate surface area is 183 Å². The van der Waals surface area contributed by atoms with E-state index in [1.54, 1.807) is 11.3 Å². The van der Waals surface area contributed by atoms with Crippen molar-refractivity contribution in [3.05, 3.63) is 10.6 Å². The standard InChI is InChI=1S/C22H36N4O3S/c1-13(20(28)24-6-7-26-8-10-29-11-9-26)15-4-5-22(3)12-16-18(25-21(23)30-16)14(2)17(22)19(15)27/h13-15,17,19,27H,4-12H2,1-3H3,(H2,23,25)(H,24,28)/p+1/t13-,14-,15+,17+,19-,22+/m0/s1. The number of nitrogens with one attached hydrogen (secondary N) is 2. The first-order valence-electron chi connectivity index (χ1n) is 11.4. The van der Waals surface area contributed by atoms with Crippen molar-refractivity contribution in [1.29, 1.82) is 0 Å². The molecule has 30 heavy (non-hydrogen) atoms. The van der Waals surface area contributed by atoms with Crippen LogP contribution in [-0.2, 0) is 16.0 Å². The Morgan fingerprint density at radius 3 is 2.93 bits per heavy atom. The van der Waals surface area contributed by atoms with E-state index in [0.717, 1.165) is 57.8 Å². The van der Waals surface area contributed by atoms with Crippen molar-refractivity contribution in [2.24, 2.45) is 23.2 Å². The van der Waals surface area contributed by atoms with Crippen molar-refractivity contribution in [1.82, 2.24) is 10.3 Å². The maximum Gasteiger partial charge on any atom is 0.223 e. The Kier molecular flexibility index (Phi) is 6.40. The molecule has 1 aromatic rings. The van der Waals surface area contributed by atoms with Gasteiger partial charge in [-0.1, -0.05) is 20.8 Å². The molecule has 4 rings (SSSR count). The van der Waals surface area contributed by atoms with Crippen LogP contribution in [0.15, 0.2) is 0 Å². The number of fused-ring (bicyclic) bond motifs is 2. The minimum Gasteiger partial charge on any atom is -0.392 e. The highest BCUT2D eigenvalue weighted by Gasteiger charge is 2.53. The predicted molar refractivity (Wildman–Crippen MR) is 118 cm³/mol. The topological polar surface area (TPSA) is 102 Å². The Hall–Kier alpha value is -1.22. The molecule has 6 atom stereocenters. The number of aliphatic hydroxyl groups excluding tert-OH is 1. The van der Waals surface area contributed by atoms with Gasteiger partial charge in [0.25, 0.3) is 0 Å². The fourth-order valence-corrected chi connectivity index (χ4v) is 7.33. The highest BCUT2D eigenvalue weighted by atomic mass is 32.1. The summed E-state index contributed by atoms with van der Waals surface area (Å²) in [6.07, 6.45) is 2.34. The molecular weight excluding hydrogens is 400 g/mol. The molecule has 8 heteroatoms. The first kappa shape index (κ1) is 22.0. The molecule has 2 fully saturated rings. The monoisotopic (exact) mass is 437 g/mol. The summed E-state index contributed by atoms with van der Waals surface area (Å²) < 4.78 is 5.39. The number of hydrogen-bond acceptors (Lipinski definition) is 6. The van der Waals surface area contributed by atoms with E-state index in [0.29, 0.717) is 11.7 Å². The lowest BCUT2D eigenvalue weighted by molar-refractivity contribution is -0.906. The maximum absolute atomic E-state index is 12.9. The minimum absolute atomic E-state index is 0.0150. The number of thiazole rings is 1. The number of carbonyl (C=O) groups is 1. The maximum atomic E-state index is 12.9. The minimum atomic E-state index is -0.500. The van der Waals surface area contributed by atoms with Crippen LogP contribution in [0.3, 0.4) is 0 Å². The van der Waals surface area contributed by atoms with Crippen molar-refractivity contribution in [3.8, 4) is 0 Å². The second-order valence-corrected chi connectivity index (χ2v) is 11.0. The van der Waals surface area contributed by atoms with E-state index in [9.17, 15) is 9.90 Å². The van der Waals surface area contributed by atoms with Crippen molar-refractivity contribution < 1.29 is 19.5 Å². The zero-order chi connectivity index (χ0) is 21.5. The molecule has 0 unspecified atom stereocenters. The largest absolute Gasteiger partial charge is 0.392 e. The summed E-state index contributed by atoms with van der Waals surface area (Å²) in [4.78, 5) is 20.2. The molecular formula is C22H37N4O3S+. The lowest BCUT2D eigenvalue weighted by atomic mass is 9.53. The highest BCUT2D eigenvalue weighted by molar-refractivity contribution is 7.15. The molecule has 1 saturated carbocycles. The van der Waals surface area contributed by atoms with E-state index in [2.05, 4.69) is 24.1 Å². The van der Waals surface area contributed by atoms with Crippen LogP contribution >= 0.6 is 11.3 Å². The summed E-state index contributed by atoms with van der Waals surface area (Å²) in [5.41, 5.74) is 7.09. The first-order chi connectivity index (χ1) is 14.3. The lowest BCUT2D eigenvalue weighted by Crippen LogP contribution is -3.14. The number of morpholine rings is 1. The SMILES string of the molecule is C[C@H](C(=O)NCC[NH+]1CCOCC1)[C@H]1CC[C@]2(C)Cc3sc(N)nc3[C@@H](C)[C@@H]2[C@H]1O. The number of rotatable bonds is 5. The number of nitrogens with two attached hydrogens (primary N) is 1. The summed E-state index contributed by atoms with van der Waals surface area (Å²) in [5.74, 6) is 0.123. The van der Waals surface area contributed by atoms with E-state index in [-0.39, 0.29) is 35.0 Å². The van der Waals surface area contributed by atoms with Gasteiger partial charge < -0.3 is 25.8 Å². The summed E-state index contributed by atoms with van der Waals surface area (Å²) in [7, 11) is 0. The fourth-order valence-electron chi connectivity index (χ4n) is 6.19. The van der Waals surface area contributed by atoms with E-state index < -0.39 is 6.10 Å². The Bertz CT molecular complexity index is 766. The second-order valence-electron chi connectivity index (χ2n) is 9.89. The van der Waals surface area contributed by atoms with Gasteiger partial charge in [0.1, 0.15) is 13.1 Å². The summed E-state index contributed by atoms with van der Waals surface area (Å²) >= 11 is 1.59.